The zero-order valence-electron chi connectivity index (χ0n) is 15.0. The zero-order valence-corrected chi connectivity index (χ0v) is 15.0. The Bertz CT molecular complexity index is 511. The molecule has 2 amide bonds. The van der Waals surface area contributed by atoms with Crippen molar-refractivity contribution < 1.29 is 9.53 Å². The Morgan fingerprint density at radius 3 is 2.60 bits per heavy atom. The molecule has 1 aromatic carbocycles. The molecule has 2 saturated heterocycles. The van der Waals surface area contributed by atoms with E-state index >= 15 is 0 Å². The summed E-state index contributed by atoms with van der Waals surface area (Å²) in [6.45, 7) is 8.37. The van der Waals surface area contributed by atoms with Gasteiger partial charge in [-0.1, -0.05) is 30.3 Å². The lowest BCUT2D eigenvalue weighted by atomic mass is 10.1. The van der Waals surface area contributed by atoms with Crippen molar-refractivity contribution >= 4 is 6.03 Å². The minimum absolute atomic E-state index is 0.0711. The Kier molecular flexibility index (Phi) is 7.09. The van der Waals surface area contributed by atoms with Crippen molar-refractivity contribution in [2.45, 2.75) is 25.4 Å². The van der Waals surface area contributed by atoms with Crippen LogP contribution in [0.25, 0.3) is 0 Å². The Hall–Kier alpha value is -1.63. The standard InChI is InChI=1S/C19H30N4O2/c24-19(21-18-7-4-14-25-16-18)20-8-9-22-10-12-23(13-11-22)15-17-5-2-1-3-6-17/h1-3,5-6,18H,4,7-16H2,(H2,20,21,24)/t18-/m1/s1. The average molecular weight is 346 g/mol. The molecule has 138 valence electrons. The third-order valence-corrected chi connectivity index (χ3v) is 4.92. The smallest absolute Gasteiger partial charge is 0.315 e. The minimum Gasteiger partial charge on any atom is -0.379 e. The molecule has 0 spiro atoms. The van der Waals surface area contributed by atoms with Crippen LogP contribution in [0.3, 0.4) is 0 Å². The molecule has 2 fully saturated rings. The Labute approximate surface area is 150 Å². The maximum atomic E-state index is 11.9. The van der Waals surface area contributed by atoms with Crippen LogP contribution in [0, 0.1) is 0 Å². The van der Waals surface area contributed by atoms with Crippen molar-refractivity contribution in [3.8, 4) is 0 Å². The van der Waals surface area contributed by atoms with Crippen molar-refractivity contribution in [3.05, 3.63) is 35.9 Å². The van der Waals surface area contributed by atoms with Crippen LogP contribution in [0.2, 0.25) is 0 Å². The largest absolute Gasteiger partial charge is 0.379 e. The average Bonchev–Trinajstić information content (AvgIpc) is 2.65. The summed E-state index contributed by atoms with van der Waals surface area (Å²) in [5.41, 5.74) is 1.38. The van der Waals surface area contributed by atoms with Gasteiger partial charge < -0.3 is 15.4 Å². The number of carbonyl (C=O) groups excluding carboxylic acids is 1. The van der Waals surface area contributed by atoms with Crippen LogP contribution in [0.15, 0.2) is 30.3 Å². The third-order valence-electron chi connectivity index (χ3n) is 4.92. The van der Waals surface area contributed by atoms with E-state index < -0.39 is 0 Å². The molecule has 0 aromatic heterocycles. The lowest BCUT2D eigenvalue weighted by Gasteiger charge is -2.34. The fraction of sp³-hybridized carbons (Fsp3) is 0.632. The van der Waals surface area contributed by atoms with E-state index in [0.29, 0.717) is 13.2 Å². The first-order chi connectivity index (χ1) is 12.3. The zero-order chi connectivity index (χ0) is 17.3. The fourth-order valence-electron chi connectivity index (χ4n) is 3.43. The van der Waals surface area contributed by atoms with Gasteiger partial charge in [0, 0.05) is 52.4 Å². The van der Waals surface area contributed by atoms with Gasteiger partial charge in [-0.15, -0.1) is 0 Å². The van der Waals surface area contributed by atoms with E-state index in [9.17, 15) is 4.79 Å². The molecule has 6 heteroatoms. The molecule has 0 radical (unpaired) electrons. The monoisotopic (exact) mass is 346 g/mol. The maximum Gasteiger partial charge on any atom is 0.315 e. The minimum atomic E-state index is -0.0711. The maximum absolute atomic E-state index is 11.9. The number of hydrogen-bond acceptors (Lipinski definition) is 4. The van der Waals surface area contributed by atoms with Crippen LogP contribution in [0.4, 0.5) is 4.79 Å². The van der Waals surface area contributed by atoms with Gasteiger partial charge in [-0.25, -0.2) is 4.79 Å². The topological polar surface area (TPSA) is 56.8 Å². The number of rotatable bonds is 6. The quantitative estimate of drug-likeness (QED) is 0.815. The third kappa shape index (κ3) is 6.30. The first kappa shape index (κ1) is 18.2. The van der Waals surface area contributed by atoms with E-state index in [-0.39, 0.29) is 12.1 Å². The van der Waals surface area contributed by atoms with Crippen molar-refractivity contribution in [1.29, 1.82) is 0 Å². The van der Waals surface area contributed by atoms with E-state index in [4.69, 9.17) is 4.74 Å². The molecule has 0 bridgehead atoms. The number of carbonyl (C=O) groups is 1. The van der Waals surface area contributed by atoms with Crippen LogP contribution in [-0.4, -0.2) is 74.4 Å². The lowest BCUT2D eigenvalue weighted by molar-refractivity contribution is 0.0731. The molecule has 1 aromatic rings. The highest BCUT2D eigenvalue weighted by atomic mass is 16.5. The molecule has 0 aliphatic carbocycles. The molecule has 2 aliphatic rings. The highest BCUT2D eigenvalue weighted by molar-refractivity contribution is 5.74. The summed E-state index contributed by atoms with van der Waals surface area (Å²) < 4.78 is 5.38. The second-order valence-corrected chi connectivity index (χ2v) is 6.92. The van der Waals surface area contributed by atoms with Crippen molar-refractivity contribution in [2.75, 3.05) is 52.5 Å². The van der Waals surface area contributed by atoms with Crippen LogP contribution < -0.4 is 10.6 Å². The Morgan fingerprint density at radius 2 is 1.88 bits per heavy atom. The van der Waals surface area contributed by atoms with Crippen LogP contribution >= 0.6 is 0 Å². The highest BCUT2D eigenvalue weighted by Crippen LogP contribution is 2.08. The molecule has 0 saturated carbocycles. The van der Waals surface area contributed by atoms with Crippen LogP contribution in [0.5, 0.6) is 0 Å². The molecular weight excluding hydrogens is 316 g/mol. The SMILES string of the molecule is O=C(NCCN1CCN(Cc2ccccc2)CC1)N[C@@H]1CCCOC1. The number of nitrogens with one attached hydrogen (secondary N) is 2. The molecule has 2 heterocycles. The van der Waals surface area contributed by atoms with E-state index in [1.54, 1.807) is 0 Å². The van der Waals surface area contributed by atoms with E-state index in [2.05, 4.69) is 50.8 Å². The number of amides is 2. The van der Waals surface area contributed by atoms with Crippen LogP contribution in [-0.2, 0) is 11.3 Å². The van der Waals surface area contributed by atoms with Crippen molar-refractivity contribution in [3.63, 3.8) is 0 Å². The molecule has 3 rings (SSSR count). The summed E-state index contributed by atoms with van der Waals surface area (Å²) in [4.78, 5) is 16.8. The van der Waals surface area contributed by atoms with Gasteiger partial charge in [-0.05, 0) is 18.4 Å². The Balaban J connectivity index is 1.27. The number of benzene rings is 1. The molecule has 25 heavy (non-hydrogen) atoms. The fourth-order valence-corrected chi connectivity index (χ4v) is 3.43. The molecule has 1 atom stereocenters. The van der Waals surface area contributed by atoms with Gasteiger partial charge in [-0.3, -0.25) is 9.80 Å². The van der Waals surface area contributed by atoms with E-state index in [1.165, 1.54) is 5.56 Å². The van der Waals surface area contributed by atoms with Crippen molar-refractivity contribution in [2.24, 2.45) is 0 Å². The summed E-state index contributed by atoms with van der Waals surface area (Å²) in [7, 11) is 0. The summed E-state index contributed by atoms with van der Waals surface area (Å²) in [5.74, 6) is 0. The number of nitrogens with zero attached hydrogens (tertiary/aromatic N) is 2. The van der Waals surface area contributed by atoms with Crippen molar-refractivity contribution in [1.82, 2.24) is 20.4 Å². The van der Waals surface area contributed by atoms with Gasteiger partial charge in [0.15, 0.2) is 0 Å². The molecule has 2 aliphatic heterocycles. The second kappa shape index (κ2) is 9.75. The highest BCUT2D eigenvalue weighted by Gasteiger charge is 2.18. The number of urea groups is 1. The second-order valence-electron chi connectivity index (χ2n) is 6.92. The molecule has 2 N–H and O–H groups in total. The lowest BCUT2D eigenvalue weighted by Crippen LogP contribution is -2.50. The van der Waals surface area contributed by atoms with Crippen LogP contribution in [0.1, 0.15) is 18.4 Å². The number of ether oxygens (including phenoxy) is 1. The molecule has 6 nitrogen and oxygen atoms in total. The van der Waals surface area contributed by atoms with E-state index in [0.717, 1.165) is 58.7 Å². The summed E-state index contributed by atoms with van der Waals surface area (Å²) in [5, 5.41) is 5.96. The predicted octanol–water partition coefficient (Wildman–Crippen LogP) is 1.28. The summed E-state index contributed by atoms with van der Waals surface area (Å²) in [6, 6.07) is 10.7. The first-order valence-electron chi connectivity index (χ1n) is 9.40. The first-order valence-corrected chi connectivity index (χ1v) is 9.40. The number of piperazine rings is 1. The van der Waals surface area contributed by atoms with E-state index in [1.807, 2.05) is 0 Å². The summed E-state index contributed by atoms with van der Waals surface area (Å²) >= 11 is 0. The van der Waals surface area contributed by atoms with Gasteiger partial charge in [0.1, 0.15) is 0 Å². The van der Waals surface area contributed by atoms with Gasteiger partial charge in [-0.2, -0.15) is 0 Å². The summed E-state index contributed by atoms with van der Waals surface area (Å²) in [6.07, 6.45) is 2.04. The van der Waals surface area contributed by atoms with Gasteiger partial charge in [0.05, 0.1) is 12.6 Å². The van der Waals surface area contributed by atoms with Gasteiger partial charge in [0.25, 0.3) is 0 Å². The van der Waals surface area contributed by atoms with Gasteiger partial charge in [0.2, 0.25) is 0 Å². The number of hydrogen-bond donors (Lipinski definition) is 2. The molecule has 0 unspecified atom stereocenters. The molecular formula is C19H30N4O2. The Morgan fingerprint density at radius 1 is 1.12 bits per heavy atom. The normalized spacial score (nSPS) is 22.5. The predicted molar refractivity (Wildman–Crippen MR) is 98.5 cm³/mol. The van der Waals surface area contributed by atoms with Gasteiger partial charge >= 0.3 is 6.03 Å².